The van der Waals surface area contributed by atoms with Gasteiger partial charge in [0.15, 0.2) is 0 Å². The van der Waals surface area contributed by atoms with E-state index >= 15 is 0 Å². The average molecular weight is 377 g/mol. The Hall–Kier alpha value is -2.87. The zero-order valence-electron chi connectivity index (χ0n) is 17.0. The van der Waals surface area contributed by atoms with Crippen molar-refractivity contribution in [3.63, 3.8) is 0 Å². The van der Waals surface area contributed by atoms with E-state index < -0.39 is 0 Å². The lowest BCUT2D eigenvalue weighted by Crippen LogP contribution is -2.38. The number of aromatic nitrogens is 1. The van der Waals surface area contributed by atoms with Crippen molar-refractivity contribution in [1.82, 2.24) is 10.3 Å². The number of pyridine rings is 1. The molecular weight excluding hydrogens is 348 g/mol. The first-order valence-corrected chi connectivity index (χ1v) is 10.1. The third-order valence-electron chi connectivity index (χ3n) is 5.56. The first-order chi connectivity index (χ1) is 13.6. The van der Waals surface area contributed by atoms with Crippen LogP contribution in [0.1, 0.15) is 61.1 Å². The molecule has 0 spiro atoms. The molecule has 1 unspecified atom stereocenters. The van der Waals surface area contributed by atoms with Crippen molar-refractivity contribution < 1.29 is 4.79 Å². The Morgan fingerprint density at radius 3 is 2.79 bits per heavy atom. The van der Waals surface area contributed by atoms with Gasteiger partial charge >= 0.3 is 0 Å². The minimum atomic E-state index is -0.213. The van der Waals surface area contributed by atoms with Crippen LogP contribution in [0, 0.1) is 11.3 Å². The van der Waals surface area contributed by atoms with Crippen LogP contribution in [0.25, 0.3) is 11.1 Å². The Balaban J connectivity index is 2.01. The number of nitrogens with zero attached hydrogens (tertiary/aromatic N) is 3. The summed E-state index contributed by atoms with van der Waals surface area (Å²) < 4.78 is 0. The molecule has 0 fully saturated rings. The molecule has 0 saturated heterocycles. The van der Waals surface area contributed by atoms with Gasteiger partial charge in [0.2, 0.25) is 0 Å². The van der Waals surface area contributed by atoms with Crippen LogP contribution in [0.5, 0.6) is 0 Å². The fourth-order valence-corrected chi connectivity index (χ4v) is 4.10. The number of nitrogens with one attached hydrogen (secondary N) is 1. The largest absolute Gasteiger partial charge is 0.368 e. The fourth-order valence-electron chi connectivity index (χ4n) is 4.10. The number of anilines is 1. The van der Waals surface area contributed by atoms with Crippen molar-refractivity contribution in [1.29, 1.82) is 5.26 Å². The predicted molar refractivity (Wildman–Crippen MR) is 112 cm³/mol. The first-order valence-electron chi connectivity index (χ1n) is 10.1. The van der Waals surface area contributed by atoms with Crippen LogP contribution in [-0.2, 0) is 6.42 Å². The number of rotatable bonds is 6. The average Bonchev–Trinajstić information content (AvgIpc) is 2.75. The van der Waals surface area contributed by atoms with Gasteiger partial charge in [-0.2, -0.15) is 5.26 Å². The van der Waals surface area contributed by atoms with E-state index in [1.54, 1.807) is 19.3 Å². The monoisotopic (exact) mass is 376 g/mol. The van der Waals surface area contributed by atoms with Crippen LogP contribution in [0.2, 0.25) is 0 Å². The Labute approximate surface area is 167 Å². The summed E-state index contributed by atoms with van der Waals surface area (Å²) in [7, 11) is 1.59. The van der Waals surface area contributed by atoms with Crippen LogP contribution < -0.4 is 10.2 Å². The maximum Gasteiger partial charge on any atom is 0.269 e. The minimum absolute atomic E-state index is 0.213. The zero-order chi connectivity index (χ0) is 20.1. The number of nitriles is 1. The van der Waals surface area contributed by atoms with Gasteiger partial charge in [0.05, 0.1) is 11.6 Å². The normalized spacial score (nSPS) is 14.1. The van der Waals surface area contributed by atoms with Crippen molar-refractivity contribution in [3.05, 3.63) is 47.3 Å². The highest BCUT2D eigenvalue weighted by atomic mass is 16.1. The molecule has 0 radical (unpaired) electrons. The summed E-state index contributed by atoms with van der Waals surface area (Å²) in [6.45, 7) is 5.53. The molecule has 5 nitrogen and oxygen atoms in total. The maximum absolute atomic E-state index is 11.7. The third kappa shape index (κ3) is 3.87. The van der Waals surface area contributed by atoms with Gasteiger partial charge in [-0.3, -0.25) is 9.78 Å². The number of amides is 1. The molecular formula is C23H28N4O. The summed E-state index contributed by atoms with van der Waals surface area (Å²) in [5.41, 5.74) is 5.30. The summed E-state index contributed by atoms with van der Waals surface area (Å²) in [5.74, 6) is -0.213. The molecule has 1 aliphatic heterocycles. The van der Waals surface area contributed by atoms with Crippen LogP contribution in [0.4, 0.5) is 5.69 Å². The van der Waals surface area contributed by atoms with E-state index in [1.165, 1.54) is 17.7 Å². The van der Waals surface area contributed by atoms with E-state index in [2.05, 4.69) is 47.3 Å². The number of hydrogen-bond acceptors (Lipinski definition) is 4. The van der Waals surface area contributed by atoms with E-state index in [-0.39, 0.29) is 5.91 Å². The van der Waals surface area contributed by atoms with Crippen LogP contribution in [0.3, 0.4) is 0 Å². The smallest absolute Gasteiger partial charge is 0.269 e. The standard InChI is InChI=1S/C23H28N4O/c1-4-7-19(5-2)27-11-6-8-16-12-20(18(14-24)13-22(16)27)17-9-10-21(26-15-17)23(28)25-3/h9-10,12-13,15,19H,4-8,11H2,1-3H3,(H,25,28). The van der Waals surface area contributed by atoms with Gasteiger partial charge in [-0.15, -0.1) is 0 Å². The fraction of sp³-hybridized carbons (Fsp3) is 0.435. The lowest BCUT2D eigenvalue weighted by Gasteiger charge is -2.38. The molecule has 0 bridgehead atoms. The second-order valence-corrected chi connectivity index (χ2v) is 7.30. The van der Waals surface area contributed by atoms with Crippen molar-refractivity contribution >= 4 is 11.6 Å². The Bertz CT molecular complexity index is 883. The van der Waals surface area contributed by atoms with Crippen molar-refractivity contribution in [2.75, 3.05) is 18.5 Å². The lowest BCUT2D eigenvalue weighted by molar-refractivity contribution is 0.0958. The van der Waals surface area contributed by atoms with E-state index in [1.807, 2.05) is 6.07 Å². The molecule has 1 amide bonds. The number of hydrogen-bond donors (Lipinski definition) is 1. The molecule has 1 N–H and O–H groups in total. The van der Waals surface area contributed by atoms with Crippen LogP contribution in [0.15, 0.2) is 30.5 Å². The number of carbonyl (C=O) groups excluding carboxylic acids is 1. The zero-order valence-corrected chi connectivity index (χ0v) is 17.0. The Morgan fingerprint density at radius 1 is 1.36 bits per heavy atom. The van der Waals surface area contributed by atoms with Gasteiger partial charge < -0.3 is 10.2 Å². The highest BCUT2D eigenvalue weighted by Gasteiger charge is 2.24. The van der Waals surface area contributed by atoms with E-state index in [0.29, 0.717) is 17.3 Å². The minimum Gasteiger partial charge on any atom is -0.368 e. The molecule has 2 heterocycles. The second kappa shape index (κ2) is 8.88. The van der Waals surface area contributed by atoms with Crippen molar-refractivity contribution in [2.45, 2.75) is 52.0 Å². The van der Waals surface area contributed by atoms with Gasteiger partial charge in [-0.1, -0.05) is 26.3 Å². The molecule has 28 heavy (non-hydrogen) atoms. The molecule has 1 atom stereocenters. The van der Waals surface area contributed by atoms with E-state index in [4.69, 9.17) is 0 Å². The molecule has 5 heteroatoms. The van der Waals surface area contributed by atoms with E-state index in [9.17, 15) is 10.1 Å². The van der Waals surface area contributed by atoms with Gasteiger partial charge in [-0.05, 0) is 49.4 Å². The highest BCUT2D eigenvalue weighted by Crippen LogP contribution is 2.36. The quantitative estimate of drug-likeness (QED) is 0.815. The Morgan fingerprint density at radius 2 is 2.18 bits per heavy atom. The highest BCUT2D eigenvalue weighted by molar-refractivity contribution is 5.92. The molecule has 146 valence electrons. The molecule has 1 aliphatic rings. The van der Waals surface area contributed by atoms with Gasteiger partial charge in [0, 0.05) is 42.6 Å². The third-order valence-corrected chi connectivity index (χ3v) is 5.56. The van der Waals surface area contributed by atoms with Crippen LogP contribution in [-0.4, -0.2) is 30.5 Å². The summed E-state index contributed by atoms with van der Waals surface area (Å²) in [5, 5.41) is 12.4. The predicted octanol–water partition coefficient (Wildman–Crippen LogP) is 4.31. The number of carbonyl (C=O) groups is 1. The number of benzene rings is 1. The summed E-state index contributed by atoms with van der Waals surface area (Å²) in [6, 6.07) is 10.7. The maximum atomic E-state index is 11.7. The van der Waals surface area contributed by atoms with Gasteiger partial charge in [-0.25, -0.2) is 0 Å². The van der Waals surface area contributed by atoms with Gasteiger partial charge in [0.25, 0.3) is 5.91 Å². The first kappa shape index (κ1) is 19.9. The molecule has 0 saturated carbocycles. The molecule has 1 aromatic carbocycles. The number of aryl methyl sites for hydroxylation is 1. The molecule has 2 aromatic rings. The summed E-state index contributed by atoms with van der Waals surface area (Å²) in [4.78, 5) is 18.5. The van der Waals surface area contributed by atoms with E-state index in [0.717, 1.165) is 43.4 Å². The lowest BCUT2D eigenvalue weighted by atomic mass is 9.91. The molecule has 3 rings (SSSR count). The Kier molecular flexibility index (Phi) is 6.30. The van der Waals surface area contributed by atoms with Gasteiger partial charge in [0.1, 0.15) is 5.69 Å². The summed E-state index contributed by atoms with van der Waals surface area (Å²) in [6.07, 6.45) is 7.28. The molecule has 1 aromatic heterocycles. The van der Waals surface area contributed by atoms with Crippen molar-refractivity contribution in [3.8, 4) is 17.2 Å². The summed E-state index contributed by atoms with van der Waals surface area (Å²) >= 11 is 0. The SMILES string of the molecule is CCCC(CC)N1CCCc2cc(-c3ccc(C(=O)NC)nc3)c(C#N)cc21. The van der Waals surface area contributed by atoms with Crippen LogP contribution >= 0.6 is 0 Å². The number of fused-ring (bicyclic) bond motifs is 1. The molecule has 0 aliphatic carbocycles. The second-order valence-electron chi connectivity index (χ2n) is 7.30. The van der Waals surface area contributed by atoms with Crippen molar-refractivity contribution in [2.24, 2.45) is 0 Å². The topological polar surface area (TPSA) is 69.0 Å².